The van der Waals surface area contributed by atoms with Crippen LogP contribution in [0.15, 0.2) is 17.1 Å². The second-order valence-electron chi connectivity index (χ2n) is 2.96. The number of aryl methyl sites for hydroxylation is 2. The lowest BCUT2D eigenvalue weighted by Crippen LogP contribution is -2.03. The maximum absolute atomic E-state index is 5.35. The molecule has 0 fully saturated rings. The molecular formula is C10H10NO. The van der Waals surface area contributed by atoms with Crippen LogP contribution < -0.4 is 4.74 Å². The van der Waals surface area contributed by atoms with Crippen LogP contribution in [-0.4, -0.2) is 12.8 Å². The average Bonchev–Trinajstić information content (AvgIpc) is 2.07. The minimum absolute atomic E-state index is 0.468. The Morgan fingerprint density at radius 1 is 1.33 bits per heavy atom. The molecule has 0 amide bonds. The Labute approximate surface area is 71.9 Å². The van der Waals surface area contributed by atoms with E-state index in [4.69, 9.17) is 4.74 Å². The van der Waals surface area contributed by atoms with Gasteiger partial charge in [0.25, 0.3) is 0 Å². The number of hydrogen-bond donors (Lipinski definition) is 0. The number of nitrogens with zero attached hydrogens (tertiary/aromatic N) is 1. The first-order valence-electron chi connectivity index (χ1n) is 3.95. The van der Waals surface area contributed by atoms with Gasteiger partial charge in [-0.25, -0.2) is 4.99 Å². The predicted octanol–water partition coefficient (Wildman–Crippen LogP) is 2.28. The summed E-state index contributed by atoms with van der Waals surface area (Å²) in [4.78, 5) is 4.12. The fraction of sp³-hybridized carbons (Fsp3) is 0.300. The van der Waals surface area contributed by atoms with E-state index in [9.17, 15) is 0 Å². The number of ether oxygens (including phenoxy) is 1. The quantitative estimate of drug-likeness (QED) is 0.570. The second kappa shape index (κ2) is 2.63. The maximum atomic E-state index is 5.35. The summed E-state index contributed by atoms with van der Waals surface area (Å²) in [5.41, 5.74) is 3.38. The molecule has 0 N–H and O–H groups in total. The number of hydrogen-bond acceptors (Lipinski definition) is 2. The Kier molecular flexibility index (Phi) is 1.61. The van der Waals surface area contributed by atoms with Crippen LogP contribution in [0.1, 0.15) is 11.1 Å². The highest BCUT2D eigenvalue weighted by Gasteiger charge is 2.08. The fourth-order valence-corrected chi connectivity index (χ4v) is 1.20. The van der Waals surface area contributed by atoms with Crippen LogP contribution in [0.3, 0.4) is 0 Å². The van der Waals surface area contributed by atoms with Gasteiger partial charge in [0.05, 0.1) is 0 Å². The Morgan fingerprint density at radius 3 is 2.92 bits per heavy atom. The zero-order chi connectivity index (χ0) is 8.55. The lowest BCUT2D eigenvalue weighted by molar-refractivity contribution is 0.376. The summed E-state index contributed by atoms with van der Waals surface area (Å²) in [5, 5.41) is 0. The Balaban J connectivity index is 2.58. The van der Waals surface area contributed by atoms with Crippen molar-refractivity contribution in [3.63, 3.8) is 0 Å². The molecule has 2 rings (SSSR count). The topological polar surface area (TPSA) is 21.6 Å². The molecule has 2 heteroatoms. The molecule has 1 aromatic rings. The second-order valence-corrected chi connectivity index (χ2v) is 2.96. The van der Waals surface area contributed by atoms with Gasteiger partial charge in [-0.2, -0.15) is 0 Å². The highest BCUT2D eigenvalue weighted by atomic mass is 16.5. The van der Waals surface area contributed by atoms with E-state index in [1.165, 1.54) is 11.1 Å². The first kappa shape index (κ1) is 7.35. The molecular weight excluding hydrogens is 150 g/mol. The van der Waals surface area contributed by atoms with Crippen molar-refractivity contribution in [3.8, 4) is 5.75 Å². The minimum Gasteiger partial charge on any atom is -0.485 e. The zero-order valence-corrected chi connectivity index (χ0v) is 7.22. The lowest BCUT2D eigenvalue weighted by atomic mass is 10.1. The summed E-state index contributed by atoms with van der Waals surface area (Å²) in [7, 11) is 0. The molecule has 0 aliphatic carbocycles. The fourth-order valence-electron chi connectivity index (χ4n) is 1.20. The molecule has 0 atom stereocenters. The number of aliphatic imine (C=N–C) groups is 1. The lowest BCUT2D eigenvalue weighted by Gasteiger charge is -2.12. The number of benzene rings is 1. The highest BCUT2D eigenvalue weighted by molar-refractivity contribution is 5.71. The third-order valence-corrected chi connectivity index (χ3v) is 2.07. The third kappa shape index (κ3) is 1.09. The Bertz CT molecular complexity index is 342. The van der Waals surface area contributed by atoms with Gasteiger partial charge < -0.3 is 4.74 Å². The number of rotatable bonds is 0. The summed E-state index contributed by atoms with van der Waals surface area (Å²) in [6.07, 6.45) is 2.79. The van der Waals surface area contributed by atoms with Crippen LogP contribution in [0.2, 0.25) is 0 Å². The summed E-state index contributed by atoms with van der Waals surface area (Å²) >= 11 is 0. The first-order valence-corrected chi connectivity index (χ1v) is 3.95. The van der Waals surface area contributed by atoms with Crippen molar-refractivity contribution in [1.29, 1.82) is 0 Å². The van der Waals surface area contributed by atoms with E-state index >= 15 is 0 Å². The Hall–Kier alpha value is -1.31. The van der Waals surface area contributed by atoms with E-state index in [2.05, 4.69) is 25.1 Å². The normalized spacial score (nSPS) is 13.8. The molecule has 1 radical (unpaired) electrons. The molecule has 0 unspecified atom stereocenters. The summed E-state index contributed by atoms with van der Waals surface area (Å²) in [6.45, 7) is 4.61. The van der Waals surface area contributed by atoms with Crippen molar-refractivity contribution in [2.75, 3.05) is 6.61 Å². The van der Waals surface area contributed by atoms with Gasteiger partial charge in [-0.1, -0.05) is 0 Å². The molecule has 0 spiro atoms. The summed E-state index contributed by atoms with van der Waals surface area (Å²) in [5.74, 6) is 0.872. The van der Waals surface area contributed by atoms with Crippen molar-refractivity contribution >= 4 is 11.9 Å². The molecule has 1 heterocycles. The molecule has 0 saturated heterocycles. The van der Waals surface area contributed by atoms with Crippen LogP contribution in [0.4, 0.5) is 5.69 Å². The van der Waals surface area contributed by atoms with Crippen molar-refractivity contribution in [2.45, 2.75) is 13.8 Å². The highest BCUT2D eigenvalue weighted by Crippen LogP contribution is 2.31. The summed E-state index contributed by atoms with van der Waals surface area (Å²) < 4.78 is 5.35. The predicted molar refractivity (Wildman–Crippen MR) is 48.5 cm³/mol. The molecule has 1 aromatic carbocycles. The molecule has 1 aliphatic rings. The SMILES string of the molecule is Cc1cc2c(cc1C)OC[C]=N2. The standard InChI is InChI=1S/C10H10NO/c1-7-5-9-10(6-8(7)2)12-4-3-11-9/h5-6H,4H2,1-2H3. The van der Waals surface area contributed by atoms with Crippen LogP contribution in [0.25, 0.3) is 0 Å². The van der Waals surface area contributed by atoms with E-state index in [0.717, 1.165) is 11.4 Å². The van der Waals surface area contributed by atoms with Gasteiger partial charge in [-0.3, -0.25) is 0 Å². The minimum atomic E-state index is 0.468. The Morgan fingerprint density at radius 2 is 2.08 bits per heavy atom. The van der Waals surface area contributed by atoms with Crippen molar-refractivity contribution in [2.24, 2.45) is 4.99 Å². The smallest absolute Gasteiger partial charge is 0.145 e. The van der Waals surface area contributed by atoms with Crippen LogP contribution in [0, 0.1) is 13.8 Å². The van der Waals surface area contributed by atoms with Gasteiger partial charge in [0.15, 0.2) is 0 Å². The molecule has 1 aliphatic heterocycles. The van der Waals surface area contributed by atoms with Gasteiger partial charge in [0.2, 0.25) is 0 Å². The molecule has 0 bridgehead atoms. The van der Waals surface area contributed by atoms with E-state index in [-0.39, 0.29) is 0 Å². The van der Waals surface area contributed by atoms with E-state index in [1.54, 1.807) is 0 Å². The van der Waals surface area contributed by atoms with Crippen LogP contribution in [0.5, 0.6) is 5.75 Å². The van der Waals surface area contributed by atoms with Crippen molar-refractivity contribution in [1.82, 2.24) is 0 Å². The average molecular weight is 160 g/mol. The molecule has 2 nitrogen and oxygen atoms in total. The van der Waals surface area contributed by atoms with E-state index in [1.807, 2.05) is 12.1 Å². The van der Waals surface area contributed by atoms with E-state index in [0.29, 0.717) is 6.61 Å². The monoisotopic (exact) mass is 160 g/mol. The maximum Gasteiger partial charge on any atom is 0.145 e. The number of fused-ring (bicyclic) bond motifs is 1. The van der Waals surface area contributed by atoms with Crippen LogP contribution >= 0.6 is 0 Å². The van der Waals surface area contributed by atoms with Crippen molar-refractivity contribution < 1.29 is 4.74 Å². The molecule has 0 saturated carbocycles. The molecule has 61 valence electrons. The largest absolute Gasteiger partial charge is 0.485 e. The van der Waals surface area contributed by atoms with Gasteiger partial charge >= 0.3 is 0 Å². The molecule has 0 aromatic heterocycles. The first-order chi connectivity index (χ1) is 5.77. The van der Waals surface area contributed by atoms with Crippen molar-refractivity contribution in [3.05, 3.63) is 23.3 Å². The van der Waals surface area contributed by atoms with Gasteiger partial charge in [0, 0.05) is 0 Å². The molecule has 12 heavy (non-hydrogen) atoms. The zero-order valence-electron chi connectivity index (χ0n) is 7.22. The van der Waals surface area contributed by atoms with E-state index < -0.39 is 0 Å². The van der Waals surface area contributed by atoms with Gasteiger partial charge in [-0.05, 0) is 37.1 Å². The third-order valence-electron chi connectivity index (χ3n) is 2.07. The summed E-state index contributed by atoms with van der Waals surface area (Å²) in [6, 6.07) is 4.05. The van der Waals surface area contributed by atoms with Gasteiger partial charge in [0.1, 0.15) is 24.3 Å². The van der Waals surface area contributed by atoms with Gasteiger partial charge in [-0.15, -0.1) is 0 Å². The van der Waals surface area contributed by atoms with Crippen LogP contribution in [-0.2, 0) is 0 Å².